The van der Waals surface area contributed by atoms with Crippen molar-refractivity contribution >= 4 is 11.9 Å². The third-order valence-corrected chi connectivity index (χ3v) is 9.25. The Morgan fingerprint density at radius 3 is 2.35 bits per heavy atom. The summed E-state index contributed by atoms with van der Waals surface area (Å²) in [7, 11) is 0. The van der Waals surface area contributed by atoms with E-state index in [1.54, 1.807) is 0 Å². The fraction of sp³-hybridized carbons (Fsp3) is 0.909. The molecule has 1 N–H and O–H groups in total. The van der Waals surface area contributed by atoms with E-state index in [-0.39, 0.29) is 34.2 Å². The Balaban J connectivity index is 1.64. The molecule has 0 aromatic carbocycles. The molecule has 1 spiro atoms. The predicted octanol–water partition coefficient (Wildman–Crippen LogP) is 4.66. The van der Waals surface area contributed by atoms with E-state index in [1.807, 2.05) is 0 Å². The first-order valence-electron chi connectivity index (χ1n) is 10.5. The van der Waals surface area contributed by atoms with Crippen LogP contribution in [0.4, 0.5) is 0 Å². The van der Waals surface area contributed by atoms with Crippen molar-refractivity contribution in [1.82, 2.24) is 0 Å². The maximum Gasteiger partial charge on any atom is 0.306 e. The normalized spacial score (nSPS) is 49.0. The zero-order valence-corrected chi connectivity index (χ0v) is 16.7. The summed E-state index contributed by atoms with van der Waals surface area (Å²) in [5, 5.41) is 9.70. The number of esters is 1. The van der Waals surface area contributed by atoms with Crippen molar-refractivity contribution in [2.45, 2.75) is 85.2 Å². The van der Waals surface area contributed by atoms with Crippen LogP contribution in [-0.4, -0.2) is 23.1 Å². The second-order valence-corrected chi connectivity index (χ2v) is 10.7. The molecule has 4 nitrogen and oxygen atoms in total. The first kappa shape index (κ1) is 18.3. The van der Waals surface area contributed by atoms with Crippen LogP contribution in [-0.2, 0) is 14.3 Å². The molecule has 4 heteroatoms. The van der Waals surface area contributed by atoms with Crippen molar-refractivity contribution in [2.75, 3.05) is 0 Å². The molecular weight excluding hydrogens is 328 g/mol. The van der Waals surface area contributed by atoms with E-state index in [2.05, 4.69) is 20.8 Å². The number of hydrogen-bond acceptors (Lipinski definition) is 3. The van der Waals surface area contributed by atoms with Crippen molar-refractivity contribution < 1.29 is 19.4 Å². The zero-order chi connectivity index (χ0) is 18.9. The summed E-state index contributed by atoms with van der Waals surface area (Å²) in [5.41, 5.74) is 0.486. The standard InChI is InChI=1S/C22H34O4/c1-13(23)26-18-8-9-21(4)16(20(18,2)3)7-10-22-11-14(5-6-17(21)22)15(12-22)19(24)25/h14-18H,5-12H2,1-4H3,(H,24,25)/t14-,15+,16+,17-,18+,21+,22-/m0/s1. The Hall–Kier alpha value is -1.06. The number of carbonyl (C=O) groups is 2. The number of fused-ring (bicyclic) bond motifs is 3. The molecule has 146 valence electrons. The van der Waals surface area contributed by atoms with Crippen molar-refractivity contribution in [2.24, 2.45) is 39.9 Å². The van der Waals surface area contributed by atoms with Crippen LogP contribution in [0.2, 0.25) is 0 Å². The number of carboxylic acid groups (broad SMARTS) is 1. The van der Waals surface area contributed by atoms with Crippen LogP contribution >= 0.6 is 0 Å². The molecule has 4 fully saturated rings. The van der Waals surface area contributed by atoms with Crippen molar-refractivity contribution in [3.8, 4) is 0 Å². The van der Waals surface area contributed by atoms with Gasteiger partial charge in [-0.2, -0.15) is 0 Å². The molecule has 4 aliphatic carbocycles. The van der Waals surface area contributed by atoms with Gasteiger partial charge in [0.2, 0.25) is 0 Å². The van der Waals surface area contributed by atoms with E-state index in [4.69, 9.17) is 4.74 Å². The Morgan fingerprint density at radius 2 is 1.69 bits per heavy atom. The van der Waals surface area contributed by atoms with Crippen molar-refractivity contribution in [1.29, 1.82) is 0 Å². The van der Waals surface area contributed by atoms with Gasteiger partial charge in [0.1, 0.15) is 6.10 Å². The van der Waals surface area contributed by atoms with Gasteiger partial charge in [0.15, 0.2) is 0 Å². The second-order valence-electron chi connectivity index (χ2n) is 10.7. The maximum atomic E-state index is 11.8. The van der Waals surface area contributed by atoms with Crippen LogP contribution in [0.5, 0.6) is 0 Å². The minimum absolute atomic E-state index is 0.0120. The molecule has 4 aliphatic rings. The molecule has 0 heterocycles. The smallest absolute Gasteiger partial charge is 0.306 e. The highest BCUT2D eigenvalue weighted by Gasteiger charge is 2.66. The molecule has 0 aliphatic heterocycles. The van der Waals surface area contributed by atoms with Gasteiger partial charge in [-0.05, 0) is 80.0 Å². The number of hydrogen-bond donors (Lipinski definition) is 1. The molecule has 0 saturated heterocycles. The lowest BCUT2D eigenvalue weighted by Gasteiger charge is -2.65. The Morgan fingerprint density at radius 1 is 0.962 bits per heavy atom. The molecule has 0 aromatic rings. The average molecular weight is 363 g/mol. The molecule has 0 unspecified atom stereocenters. The summed E-state index contributed by atoms with van der Waals surface area (Å²) < 4.78 is 5.73. The van der Waals surface area contributed by atoms with E-state index in [0.29, 0.717) is 17.8 Å². The summed E-state index contributed by atoms with van der Waals surface area (Å²) >= 11 is 0. The highest BCUT2D eigenvalue weighted by atomic mass is 16.5. The lowest BCUT2D eigenvalue weighted by Crippen LogP contribution is -2.59. The van der Waals surface area contributed by atoms with Crippen LogP contribution in [0.15, 0.2) is 0 Å². The Labute approximate surface area is 157 Å². The van der Waals surface area contributed by atoms with Gasteiger partial charge in [0.25, 0.3) is 0 Å². The van der Waals surface area contributed by atoms with Crippen molar-refractivity contribution in [3.05, 3.63) is 0 Å². The van der Waals surface area contributed by atoms with Gasteiger partial charge in [-0.25, -0.2) is 0 Å². The van der Waals surface area contributed by atoms with Gasteiger partial charge >= 0.3 is 11.9 Å². The topological polar surface area (TPSA) is 63.6 Å². The molecule has 26 heavy (non-hydrogen) atoms. The van der Waals surface area contributed by atoms with Gasteiger partial charge in [-0.1, -0.05) is 20.8 Å². The quantitative estimate of drug-likeness (QED) is 0.726. The van der Waals surface area contributed by atoms with Crippen LogP contribution < -0.4 is 0 Å². The van der Waals surface area contributed by atoms with Crippen LogP contribution in [0.3, 0.4) is 0 Å². The minimum atomic E-state index is -0.571. The number of aliphatic carboxylic acids is 1. The van der Waals surface area contributed by atoms with Crippen LogP contribution in [0.1, 0.15) is 79.1 Å². The van der Waals surface area contributed by atoms with E-state index in [0.717, 1.165) is 44.9 Å². The molecular formula is C22H34O4. The molecule has 0 amide bonds. The van der Waals surface area contributed by atoms with Crippen LogP contribution in [0.25, 0.3) is 0 Å². The molecule has 0 radical (unpaired) electrons. The average Bonchev–Trinajstić information content (AvgIpc) is 2.81. The zero-order valence-electron chi connectivity index (χ0n) is 16.7. The molecule has 4 saturated carbocycles. The Bertz CT molecular complexity index is 626. The maximum absolute atomic E-state index is 11.8. The fourth-order valence-corrected chi connectivity index (χ4v) is 8.35. The molecule has 4 rings (SSSR count). The van der Waals surface area contributed by atoms with E-state index >= 15 is 0 Å². The fourth-order valence-electron chi connectivity index (χ4n) is 8.35. The van der Waals surface area contributed by atoms with E-state index < -0.39 is 5.97 Å². The number of carbonyl (C=O) groups excluding carboxylic acids is 1. The molecule has 0 aromatic heterocycles. The van der Waals surface area contributed by atoms with Gasteiger partial charge in [-0.15, -0.1) is 0 Å². The highest BCUT2D eigenvalue weighted by Crippen LogP contribution is 2.72. The lowest BCUT2D eigenvalue weighted by atomic mass is 9.41. The van der Waals surface area contributed by atoms with Crippen molar-refractivity contribution in [3.63, 3.8) is 0 Å². The second kappa shape index (κ2) is 5.72. The minimum Gasteiger partial charge on any atom is -0.481 e. The molecule has 7 atom stereocenters. The molecule has 2 bridgehead atoms. The number of rotatable bonds is 2. The summed E-state index contributed by atoms with van der Waals surface area (Å²) in [4.78, 5) is 23.4. The number of carboxylic acids is 1. The van der Waals surface area contributed by atoms with Gasteiger partial charge in [-0.3, -0.25) is 9.59 Å². The first-order chi connectivity index (χ1) is 12.1. The summed E-state index contributed by atoms with van der Waals surface area (Å²) in [5.74, 6) is 0.717. The van der Waals surface area contributed by atoms with Gasteiger partial charge in [0, 0.05) is 12.3 Å². The largest absolute Gasteiger partial charge is 0.481 e. The SMILES string of the molecule is CC(=O)O[C@@H]1CC[C@]2(C)[C@H](CC[C@@]34C[C@H](CC[C@H]32)[C@H](C(=O)O)C4)C1(C)C. The summed E-state index contributed by atoms with van der Waals surface area (Å²) in [6.07, 6.45) is 8.67. The van der Waals surface area contributed by atoms with Crippen LogP contribution in [0, 0.1) is 39.9 Å². The van der Waals surface area contributed by atoms with E-state index in [1.165, 1.54) is 13.3 Å². The third-order valence-electron chi connectivity index (χ3n) is 9.25. The lowest BCUT2D eigenvalue weighted by molar-refractivity contribution is -0.197. The highest BCUT2D eigenvalue weighted by molar-refractivity contribution is 5.71. The predicted molar refractivity (Wildman–Crippen MR) is 98.4 cm³/mol. The number of ether oxygens (including phenoxy) is 1. The first-order valence-corrected chi connectivity index (χ1v) is 10.5. The summed E-state index contributed by atoms with van der Waals surface area (Å²) in [6.45, 7) is 8.58. The Kier molecular flexibility index (Phi) is 4.03. The third kappa shape index (κ3) is 2.39. The van der Waals surface area contributed by atoms with Gasteiger partial charge in [0.05, 0.1) is 5.92 Å². The van der Waals surface area contributed by atoms with E-state index in [9.17, 15) is 14.7 Å². The monoisotopic (exact) mass is 362 g/mol. The summed E-state index contributed by atoms with van der Waals surface area (Å²) in [6, 6.07) is 0. The van der Waals surface area contributed by atoms with Gasteiger partial charge < -0.3 is 9.84 Å².